The second-order valence-corrected chi connectivity index (χ2v) is 8.32. The third-order valence-corrected chi connectivity index (χ3v) is 5.77. The van der Waals surface area contributed by atoms with E-state index in [1.807, 2.05) is 49.4 Å². The molecule has 0 saturated heterocycles. The number of nitrogens with zero attached hydrogens (tertiary/aromatic N) is 2. The molecule has 1 heterocycles. The van der Waals surface area contributed by atoms with Gasteiger partial charge in [0.1, 0.15) is 16.5 Å². The fraction of sp³-hybridized carbons (Fsp3) is 0.0417. The molecule has 1 amide bonds. The molecule has 4 rings (SSSR count). The number of amides is 1. The van der Waals surface area contributed by atoms with E-state index < -0.39 is 5.82 Å². The van der Waals surface area contributed by atoms with Gasteiger partial charge in [0.05, 0.1) is 6.21 Å². The Morgan fingerprint density at radius 2 is 1.78 bits per heavy atom. The van der Waals surface area contributed by atoms with E-state index in [9.17, 15) is 9.18 Å². The molecule has 3 aromatic carbocycles. The van der Waals surface area contributed by atoms with E-state index in [-0.39, 0.29) is 5.91 Å². The summed E-state index contributed by atoms with van der Waals surface area (Å²) in [7, 11) is 0. The van der Waals surface area contributed by atoms with Crippen LogP contribution < -0.4 is 10.7 Å². The molecule has 1 aromatic heterocycles. The summed E-state index contributed by atoms with van der Waals surface area (Å²) in [6.45, 7) is 2.00. The SMILES string of the molecule is Cc1ccc(-c2nc(N/N=C\c3ccccc3Cl)sc2NC(=O)c2ccc(F)cc2)cc1. The van der Waals surface area contributed by atoms with Gasteiger partial charge in [-0.15, -0.1) is 0 Å². The van der Waals surface area contributed by atoms with Crippen LogP contribution in [0.5, 0.6) is 0 Å². The smallest absolute Gasteiger partial charge is 0.256 e. The van der Waals surface area contributed by atoms with Crippen LogP contribution in [-0.4, -0.2) is 17.1 Å². The van der Waals surface area contributed by atoms with Crippen LogP contribution in [0.1, 0.15) is 21.5 Å². The van der Waals surface area contributed by atoms with Gasteiger partial charge >= 0.3 is 0 Å². The van der Waals surface area contributed by atoms with Crippen molar-refractivity contribution < 1.29 is 9.18 Å². The molecule has 160 valence electrons. The van der Waals surface area contributed by atoms with Crippen molar-refractivity contribution in [1.29, 1.82) is 0 Å². The van der Waals surface area contributed by atoms with E-state index >= 15 is 0 Å². The second-order valence-electron chi connectivity index (χ2n) is 6.92. The molecule has 0 unspecified atom stereocenters. The van der Waals surface area contributed by atoms with E-state index in [0.29, 0.717) is 26.4 Å². The van der Waals surface area contributed by atoms with Crippen molar-refractivity contribution >= 4 is 45.2 Å². The number of benzene rings is 3. The number of aryl methyl sites for hydroxylation is 1. The Kier molecular flexibility index (Phi) is 6.58. The number of nitrogens with one attached hydrogen (secondary N) is 2. The van der Waals surface area contributed by atoms with Gasteiger partial charge in [-0.3, -0.25) is 10.2 Å². The number of halogens is 2. The van der Waals surface area contributed by atoms with Crippen molar-refractivity contribution in [2.45, 2.75) is 6.92 Å². The maximum Gasteiger partial charge on any atom is 0.256 e. The van der Waals surface area contributed by atoms with E-state index in [1.165, 1.54) is 35.6 Å². The molecule has 0 aliphatic carbocycles. The number of thiazole rings is 1. The molecule has 0 fully saturated rings. The lowest BCUT2D eigenvalue weighted by atomic mass is 10.1. The first-order valence-corrected chi connectivity index (χ1v) is 10.9. The number of carbonyl (C=O) groups excluding carboxylic acids is 1. The average molecular weight is 465 g/mol. The molecule has 5 nitrogen and oxygen atoms in total. The molecular weight excluding hydrogens is 447 g/mol. The highest BCUT2D eigenvalue weighted by atomic mass is 35.5. The number of hydrogen-bond donors (Lipinski definition) is 2. The Morgan fingerprint density at radius 3 is 2.50 bits per heavy atom. The van der Waals surface area contributed by atoms with Crippen molar-refractivity contribution in [2.75, 3.05) is 10.7 Å². The fourth-order valence-electron chi connectivity index (χ4n) is 2.87. The lowest BCUT2D eigenvalue weighted by Gasteiger charge is -2.06. The molecule has 32 heavy (non-hydrogen) atoms. The van der Waals surface area contributed by atoms with E-state index in [1.54, 1.807) is 12.3 Å². The molecule has 0 atom stereocenters. The van der Waals surface area contributed by atoms with Crippen LogP contribution in [0.25, 0.3) is 11.3 Å². The van der Waals surface area contributed by atoms with Crippen LogP contribution >= 0.6 is 22.9 Å². The standard InChI is InChI=1S/C24H18ClFN4OS/c1-15-6-8-16(9-7-15)21-23(29-22(31)17-10-12-19(26)13-11-17)32-24(28-21)30-27-14-18-4-2-3-5-20(18)25/h2-14H,1H3,(H,28,30)(H,29,31)/b27-14-. The van der Waals surface area contributed by atoms with Gasteiger partial charge in [-0.25, -0.2) is 9.37 Å². The minimum absolute atomic E-state index is 0.348. The maximum absolute atomic E-state index is 13.2. The third kappa shape index (κ3) is 5.19. The zero-order chi connectivity index (χ0) is 22.5. The first kappa shape index (κ1) is 21.7. The van der Waals surface area contributed by atoms with Gasteiger partial charge in [0.2, 0.25) is 5.13 Å². The first-order valence-electron chi connectivity index (χ1n) is 9.68. The summed E-state index contributed by atoms with van der Waals surface area (Å²) in [5, 5.41) is 8.74. The Morgan fingerprint density at radius 1 is 1.06 bits per heavy atom. The van der Waals surface area contributed by atoms with Crippen LogP contribution in [0.4, 0.5) is 14.5 Å². The van der Waals surface area contributed by atoms with Crippen molar-refractivity contribution in [3.8, 4) is 11.3 Å². The maximum atomic E-state index is 13.2. The van der Waals surface area contributed by atoms with Gasteiger partial charge in [0, 0.05) is 21.7 Å². The highest BCUT2D eigenvalue weighted by Crippen LogP contribution is 2.36. The molecular formula is C24H18ClFN4OS. The number of carbonyl (C=O) groups is 1. The molecule has 0 radical (unpaired) electrons. The number of aromatic nitrogens is 1. The monoisotopic (exact) mass is 464 g/mol. The fourth-order valence-corrected chi connectivity index (χ4v) is 3.89. The molecule has 0 saturated carbocycles. The number of anilines is 2. The lowest BCUT2D eigenvalue weighted by Crippen LogP contribution is -2.11. The highest BCUT2D eigenvalue weighted by Gasteiger charge is 2.16. The lowest BCUT2D eigenvalue weighted by molar-refractivity contribution is 0.102. The van der Waals surface area contributed by atoms with Gasteiger partial charge in [0.25, 0.3) is 5.91 Å². The molecule has 0 aliphatic rings. The topological polar surface area (TPSA) is 66.4 Å². The summed E-state index contributed by atoms with van der Waals surface area (Å²) < 4.78 is 13.2. The number of rotatable bonds is 6. The Balaban J connectivity index is 1.61. The molecule has 0 aliphatic heterocycles. The van der Waals surface area contributed by atoms with Crippen molar-refractivity contribution in [2.24, 2.45) is 5.10 Å². The van der Waals surface area contributed by atoms with Gasteiger partial charge in [-0.1, -0.05) is 71.0 Å². The molecule has 2 N–H and O–H groups in total. The quantitative estimate of drug-likeness (QED) is 0.249. The zero-order valence-electron chi connectivity index (χ0n) is 17.0. The zero-order valence-corrected chi connectivity index (χ0v) is 18.5. The summed E-state index contributed by atoms with van der Waals surface area (Å²) in [6, 6.07) is 20.5. The van der Waals surface area contributed by atoms with E-state index in [2.05, 4.69) is 20.8 Å². The summed E-state index contributed by atoms with van der Waals surface area (Å²) in [5.74, 6) is -0.754. The van der Waals surface area contributed by atoms with Crippen molar-refractivity contribution in [1.82, 2.24) is 4.98 Å². The minimum Gasteiger partial charge on any atom is -0.312 e. The summed E-state index contributed by atoms with van der Waals surface area (Å²) in [6.07, 6.45) is 1.60. The summed E-state index contributed by atoms with van der Waals surface area (Å²) in [4.78, 5) is 17.3. The van der Waals surface area contributed by atoms with Crippen LogP contribution in [-0.2, 0) is 0 Å². The van der Waals surface area contributed by atoms with Crippen LogP contribution in [0.2, 0.25) is 5.02 Å². The third-order valence-electron chi connectivity index (χ3n) is 4.55. The van der Waals surface area contributed by atoms with Crippen LogP contribution in [0.3, 0.4) is 0 Å². The Hall–Kier alpha value is -3.55. The Labute approximate surface area is 193 Å². The van der Waals surface area contributed by atoms with Gasteiger partial charge in [0.15, 0.2) is 0 Å². The molecule has 0 spiro atoms. The molecule has 4 aromatic rings. The average Bonchev–Trinajstić information content (AvgIpc) is 3.18. The van der Waals surface area contributed by atoms with Gasteiger partial charge in [-0.2, -0.15) is 5.10 Å². The van der Waals surface area contributed by atoms with Gasteiger partial charge < -0.3 is 5.32 Å². The number of hydrogen-bond acceptors (Lipinski definition) is 5. The van der Waals surface area contributed by atoms with Crippen LogP contribution in [0.15, 0.2) is 77.9 Å². The molecule has 0 bridgehead atoms. The normalized spacial score (nSPS) is 11.0. The minimum atomic E-state index is -0.400. The Bertz CT molecular complexity index is 1270. The van der Waals surface area contributed by atoms with Gasteiger partial charge in [-0.05, 0) is 37.3 Å². The second kappa shape index (κ2) is 9.72. The first-order chi connectivity index (χ1) is 15.5. The van der Waals surface area contributed by atoms with Crippen molar-refractivity contribution in [3.63, 3.8) is 0 Å². The molecule has 8 heteroatoms. The predicted octanol–water partition coefficient (Wildman–Crippen LogP) is 6.61. The van der Waals surface area contributed by atoms with Crippen molar-refractivity contribution in [3.05, 3.63) is 100 Å². The predicted molar refractivity (Wildman–Crippen MR) is 129 cm³/mol. The summed E-state index contributed by atoms with van der Waals surface area (Å²) >= 11 is 7.40. The van der Waals surface area contributed by atoms with E-state index in [0.717, 1.165) is 16.7 Å². The highest BCUT2D eigenvalue weighted by molar-refractivity contribution is 7.20. The number of hydrazone groups is 1. The van der Waals surface area contributed by atoms with E-state index in [4.69, 9.17) is 11.6 Å². The van der Waals surface area contributed by atoms with Crippen LogP contribution in [0, 0.1) is 12.7 Å². The largest absolute Gasteiger partial charge is 0.312 e. The summed E-state index contributed by atoms with van der Waals surface area (Å²) in [5.41, 5.74) is 6.59.